The van der Waals surface area contributed by atoms with Crippen LogP contribution in [0.1, 0.15) is 39.2 Å². The molecule has 2 aromatic rings. The van der Waals surface area contributed by atoms with Crippen molar-refractivity contribution in [2.45, 2.75) is 39.0 Å². The smallest absolute Gasteiger partial charge is 0.224 e. The first-order valence-electron chi connectivity index (χ1n) is 9.17. The van der Waals surface area contributed by atoms with Crippen LogP contribution in [0.15, 0.2) is 46.9 Å². The van der Waals surface area contributed by atoms with Gasteiger partial charge >= 0.3 is 0 Å². The van der Waals surface area contributed by atoms with Crippen LogP contribution < -0.4 is 15.0 Å². The van der Waals surface area contributed by atoms with Gasteiger partial charge in [0.05, 0.1) is 11.1 Å². The summed E-state index contributed by atoms with van der Waals surface area (Å²) in [5.41, 5.74) is 3.27. The average Bonchev–Trinajstić information content (AvgIpc) is 2.59. The monoisotopic (exact) mass is 432 g/mol. The lowest BCUT2D eigenvalue weighted by molar-refractivity contribution is -0.116. The number of hydrogen-bond acceptors (Lipinski definition) is 3. The summed E-state index contributed by atoms with van der Waals surface area (Å²) in [7, 11) is 3.98. The zero-order chi connectivity index (χ0) is 20.0. The number of nitrogens with one attached hydrogen (secondary N) is 1. The molecule has 0 radical (unpaired) electrons. The molecule has 146 valence electrons. The predicted octanol–water partition coefficient (Wildman–Crippen LogP) is 5.61. The topological polar surface area (TPSA) is 41.6 Å². The fraction of sp³-hybridized carbons (Fsp3) is 0.409. The molecule has 0 saturated heterocycles. The Hall–Kier alpha value is -2.01. The average molecular weight is 433 g/mol. The molecule has 0 unspecified atom stereocenters. The van der Waals surface area contributed by atoms with E-state index in [2.05, 4.69) is 54.2 Å². The van der Waals surface area contributed by atoms with Gasteiger partial charge < -0.3 is 15.0 Å². The SMILES string of the molecule is CN(C)c1ccc(NC(=O)CCCOc2ccc(C(C)(C)C)cc2Br)cc1. The molecule has 27 heavy (non-hydrogen) atoms. The van der Waals surface area contributed by atoms with E-state index < -0.39 is 0 Å². The first-order valence-corrected chi connectivity index (χ1v) is 9.96. The first kappa shape index (κ1) is 21.3. The maximum Gasteiger partial charge on any atom is 0.224 e. The van der Waals surface area contributed by atoms with E-state index in [1.54, 1.807) is 0 Å². The van der Waals surface area contributed by atoms with Gasteiger partial charge in [0.1, 0.15) is 5.75 Å². The summed E-state index contributed by atoms with van der Waals surface area (Å²) in [5, 5.41) is 2.92. The molecule has 1 amide bonds. The third kappa shape index (κ3) is 6.58. The molecular formula is C22H29BrN2O2. The van der Waals surface area contributed by atoms with Crippen LogP contribution in [-0.2, 0) is 10.2 Å². The van der Waals surface area contributed by atoms with E-state index in [4.69, 9.17) is 4.74 Å². The Bertz CT molecular complexity index is 765. The Balaban J connectivity index is 1.77. The summed E-state index contributed by atoms with van der Waals surface area (Å²) in [6.45, 7) is 7.05. The van der Waals surface area contributed by atoms with Gasteiger partial charge in [-0.05, 0) is 69.7 Å². The van der Waals surface area contributed by atoms with Crippen LogP contribution in [-0.4, -0.2) is 26.6 Å². The molecule has 2 aromatic carbocycles. The van der Waals surface area contributed by atoms with Crippen molar-refractivity contribution in [2.24, 2.45) is 0 Å². The Kier molecular flexibility index (Phi) is 7.31. The number of benzene rings is 2. The highest BCUT2D eigenvalue weighted by Crippen LogP contribution is 2.31. The summed E-state index contributed by atoms with van der Waals surface area (Å²) < 4.78 is 6.76. The van der Waals surface area contributed by atoms with Crippen molar-refractivity contribution < 1.29 is 9.53 Å². The quantitative estimate of drug-likeness (QED) is 0.577. The van der Waals surface area contributed by atoms with Crippen molar-refractivity contribution in [3.8, 4) is 5.75 Å². The minimum atomic E-state index is -0.00153. The van der Waals surface area contributed by atoms with E-state index >= 15 is 0 Å². The summed E-state index contributed by atoms with van der Waals surface area (Å²) in [5.74, 6) is 0.807. The standard InChI is InChI=1S/C22H29BrN2O2/c1-22(2,3)16-8-13-20(19(23)15-16)27-14-6-7-21(26)24-17-9-11-18(12-10-17)25(4)5/h8-13,15H,6-7,14H2,1-5H3,(H,24,26). The van der Waals surface area contributed by atoms with E-state index in [-0.39, 0.29) is 11.3 Å². The number of carbonyl (C=O) groups excluding carboxylic acids is 1. The van der Waals surface area contributed by atoms with Crippen molar-refractivity contribution in [1.82, 2.24) is 0 Å². The minimum absolute atomic E-state index is 0.00153. The van der Waals surface area contributed by atoms with Gasteiger partial charge in [0.25, 0.3) is 0 Å². The zero-order valence-electron chi connectivity index (χ0n) is 16.8. The van der Waals surface area contributed by atoms with E-state index in [1.165, 1.54) is 5.56 Å². The molecule has 0 aromatic heterocycles. The zero-order valence-corrected chi connectivity index (χ0v) is 18.4. The van der Waals surface area contributed by atoms with E-state index in [1.807, 2.05) is 49.3 Å². The third-order valence-electron chi connectivity index (χ3n) is 4.27. The third-order valence-corrected chi connectivity index (χ3v) is 4.89. The Morgan fingerprint density at radius 3 is 2.33 bits per heavy atom. The molecule has 0 spiro atoms. The fourth-order valence-corrected chi connectivity index (χ4v) is 3.06. The second-order valence-electron chi connectivity index (χ2n) is 7.84. The highest BCUT2D eigenvalue weighted by atomic mass is 79.9. The molecule has 0 aliphatic heterocycles. The van der Waals surface area contributed by atoms with Crippen LogP contribution in [0.5, 0.6) is 5.75 Å². The highest BCUT2D eigenvalue weighted by molar-refractivity contribution is 9.10. The highest BCUT2D eigenvalue weighted by Gasteiger charge is 2.15. The Labute approximate surface area is 171 Å². The Morgan fingerprint density at radius 2 is 1.78 bits per heavy atom. The van der Waals surface area contributed by atoms with Crippen molar-refractivity contribution in [2.75, 3.05) is 30.9 Å². The summed E-state index contributed by atoms with van der Waals surface area (Å²) >= 11 is 3.57. The molecule has 0 fully saturated rings. The lowest BCUT2D eigenvalue weighted by Gasteiger charge is -2.20. The van der Waals surface area contributed by atoms with Crippen LogP contribution in [0.25, 0.3) is 0 Å². The van der Waals surface area contributed by atoms with Gasteiger partial charge in [-0.1, -0.05) is 26.8 Å². The van der Waals surface area contributed by atoms with E-state index in [0.717, 1.165) is 21.6 Å². The van der Waals surface area contributed by atoms with Gasteiger partial charge in [-0.25, -0.2) is 0 Å². The van der Waals surface area contributed by atoms with Crippen molar-refractivity contribution in [3.63, 3.8) is 0 Å². The summed E-state index contributed by atoms with van der Waals surface area (Å²) in [6, 6.07) is 14.0. The number of anilines is 2. The molecule has 0 atom stereocenters. The molecule has 4 nitrogen and oxygen atoms in total. The van der Waals surface area contributed by atoms with Crippen molar-refractivity contribution in [1.29, 1.82) is 0 Å². The number of rotatable bonds is 7. The van der Waals surface area contributed by atoms with E-state index in [9.17, 15) is 4.79 Å². The lowest BCUT2D eigenvalue weighted by atomic mass is 9.87. The molecule has 1 N–H and O–H groups in total. The van der Waals surface area contributed by atoms with Crippen LogP contribution in [0.3, 0.4) is 0 Å². The number of nitrogens with zero attached hydrogens (tertiary/aromatic N) is 1. The largest absolute Gasteiger partial charge is 0.492 e. The molecule has 5 heteroatoms. The molecular weight excluding hydrogens is 404 g/mol. The predicted molar refractivity (Wildman–Crippen MR) is 117 cm³/mol. The van der Waals surface area contributed by atoms with Crippen molar-refractivity contribution >= 4 is 33.2 Å². The lowest BCUT2D eigenvalue weighted by Crippen LogP contribution is -2.13. The van der Waals surface area contributed by atoms with Crippen LogP contribution >= 0.6 is 15.9 Å². The normalized spacial score (nSPS) is 11.2. The van der Waals surface area contributed by atoms with Gasteiger partial charge in [0.2, 0.25) is 5.91 Å². The molecule has 0 bridgehead atoms. The van der Waals surface area contributed by atoms with E-state index in [0.29, 0.717) is 19.4 Å². The molecule has 0 saturated carbocycles. The minimum Gasteiger partial charge on any atom is -0.492 e. The number of hydrogen-bond donors (Lipinski definition) is 1. The van der Waals surface area contributed by atoms with Gasteiger partial charge in [-0.2, -0.15) is 0 Å². The second-order valence-corrected chi connectivity index (χ2v) is 8.69. The number of amides is 1. The number of carbonyl (C=O) groups is 1. The van der Waals surface area contributed by atoms with Crippen LogP contribution in [0.2, 0.25) is 0 Å². The summed E-state index contributed by atoms with van der Waals surface area (Å²) in [4.78, 5) is 14.1. The van der Waals surface area contributed by atoms with Gasteiger partial charge in [0.15, 0.2) is 0 Å². The Morgan fingerprint density at radius 1 is 1.11 bits per heavy atom. The van der Waals surface area contributed by atoms with Gasteiger partial charge in [-0.15, -0.1) is 0 Å². The molecule has 0 heterocycles. The summed E-state index contributed by atoms with van der Waals surface area (Å²) in [6.07, 6.45) is 1.09. The fourth-order valence-electron chi connectivity index (χ4n) is 2.57. The second kappa shape index (κ2) is 9.27. The molecule has 0 aliphatic carbocycles. The number of ether oxygens (including phenoxy) is 1. The number of halogens is 1. The maximum absolute atomic E-state index is 12.1. The van der Waals surface area contributed by atoms with Crippen molar-refractivity contribution in [3.05, 3.63) is 52.5 Å². The molecule has 0 aliphatic rings. The van der Waals surface area contributed by atoms with Crippen LogP contribution in [0, 0.1) is 0 Å². The molecule has 2 rings (SSSR count). The van der Waals surface area contributed by atoms with Crippen LogP contribution in [0.4, 0.5) is 11.4 Å². The first-order chi connectivity index (χ1) is 12.7. The van der Waals surface area contributed by atoms with Gasteiger partial charge in [-0.3, -0.25) is 4.79 Å². The van der Waals surface area contributed by atoms with Gasteiger partial charge in [0, 0.05) is 31.9 Å². The maximum atomic E-state index is 12.1.